The first-order chi connectivity index (χ1) is 13.2. The highest BCUT2D eigenvalue weighted by Crippen LogP contribution is 2.37. The Kier molecular flexibility index (Phi) is 4.57. The summed E-state index contributed by atoms with van der Waals surface area (Å²) in [6, 6.07) is 8.35. The molecule has 0 amide bonds. The zero-order valence-corrected chi connectivity index (χ0v) is 15.5. The average Bonchev–Trinajstić information content (AvgIpc) is 2.68. The molecule has 134 valence electrons. The number of aryl methyl sites for hydroxylation is 1. The molecule has 0 spiro atoms. The number of nitrogens with zero attached hydrogens (tertiary/aromatic N) is 3. The second kappa shape index (κ2) is 7.17. The summed E-state index contributed by atoms with van der Waals surface area (Å²) in [6.45, 7) is 4.14. The Bertz CT molecular complexity index is 978. The SMILES string of the molecule is CC1=CC(=C(C#N)C#N)C=C(/C=C/c2ccc3c4c2CCCN4CCC3)O1. The summed E-state index contributed by atoms with van der Waals surface area (Å²) in [6.07, 6.45) is 12.2. The standard InChI is InChI=1S/C23H21N3O/c1-16-12-19(20(14-24)15-25)13-21(27-16)9-8-17-6-7-18-4-2-10-26-11-3-5-22(17)23(18)26/h6-9,12-13H,2-5,10-11H2,1H3/b9-8+. The second-order valence-electron chi connectivity index (χ2n) is 7.13. The molecular weight excluding hydrogens is 334 g/mol. The molecule has 3 heterocycles. The van der Waals surface area contributed by atoms with E-state index in [1.54, 1.807) is 12.2 Å². The summed E-state index contributed by atoms with van der Waals surface area (Å²) in [4.78, 5) is 2.53. The molecule has 0 bridgehead atoms. The van der Waals surface area contributed by atoms with Gasteiger partial charge in [0.15, 0.2) is 0 Å². The molecule has 0 aromatic heterocycles. The van der Waals surface area contributed by atoms with Gasteiger partial charge in [-0.25, -0.2) is 0 Å². The summed E-state index contributed by atoms with van der Waals surface area (Å²) >= 11 is 0. The number of ether oxygens (including phenoxy) is 1. The van der Waals surface area contributed by atoms with Crippen LogP contribution in [0.1, 0.15) is 36.5 Å². The van der Waals surface area contributed by atoms with Crippen molar-refractivity contribution < 1.29 is 4.74 Å². The molecule has 0 N–H and O–H groups in total. The van der Waals surface area contributed by atoms with Gasteiger partial charge in [-0.2, -0.15) is 10.5 Å². The van der Waals surface area contributed by atoms with Gasteiger partial charge in [-0.3, -0.25) is 0 Å². The predicted molar refractivity (Wildman–Crippen MR) is 106 cm³/mol. The molecule has 4 nitrogen and oxygen atoms in total. The predicted octanol–water partition coefficient (Wildman–Crippen LogP) is 4.56. The third kappa shape index (κ3) is 3.27. The van der Waals surface area contributed by atoms with Crippen molar-refractivity contribution in [3.63, 3.8) is 0 Å². The third-order valence-corrected chi connectivity index (χ3v) is 5.32. The highest BCUT2D eigenvalue weighted by molar-refractivity contribution is 5.71. The lowest BCUT2D eigenvalue weighted by molar-refractivity contribution is 0.318. The molecule has 3 aliphatic heterocycles. The van der Waals surface area contributed by atoms with E-state index in [-0.39, 0.29) is 5.57 Å². The van der Waals surface area contributed by atoms with Crippen LogP contribution in [0, 0.1) is 22.7 Å². The molecule has 0 fully saturated rings. The Morgan fingerprint density at radius 2 is 1.85 bits per heavy atom. The Morgan fingerprint density at radius 3 is 2.63 bits per heavy atom. The highest BCUT2D eigenvalue weighted by atomic mass is 16.5. The molecule has 0 atom stereocenters. The van der Waals surface area contributed by atoms with Crippen LogP contribution >= 0.6 is 0 Å². The van der Waals surface area contributed by atoms with Gasteiger partial charge in [0.05, 0.1) is 0 Å². The number of benzene rings is 1. The molecule has 4 rings (SSSR count). The van der Waals surface area contributed by atoms with Gasteiger partial charge in [0.2, 0.25) is 0 Å². The molecule has 0 aliphatic carbocycles. The van der Waals surface area contributed by atoms with Crippen LogP contribution in [0.4, 0.5) is 5.69 Å². The average molecular weight is 355 g/mol. The zero-order chi connectivity index (χ0) is 18.8. The number of allylic oxidation sites excluding steroid dienone is 6. The van der Waals surface area contributed by atoms with Gasteiger partial charge >= 0.3 is 0 Å². The molecule has 0 radical (unpaired) electrons. The lowest BCUT2D eigenvalue weighted by Gasteiger charge is -2.37. The van der Waals surface area contributed by atoms with E-state index in [1.807, 2.05) is 25.1 Å². The topological polar surface area (TPSA) is 60.0 Å². The summed E-state index contributed by atoms with van der Waals surface area (Å²) < 4.78 is 5.77. The molecule has 0 saturated heterocycles. The van der Waals surface area contributed by atoms with Gasteiger partial charge in [0.1, 0.15) is 29.2 Å². The van der Waals surface area contributed by atoms with Crippen molar-refractivity contribution >= 4 is 11.8 Å². The Labute approximate surface area is 160 Å². The lowest BCUT2D eigenvalue weighted by Crippen LogP contribution is -2.34. The molecule has 0 unspecified atom stereocenters. The maximum atomic E-state index is 9.12. The largest absolute Gasteiger partial charge is 0.462 e. The molecule has 0 saturated carbocycles. The van der Waals surface area contributed by atoms with Crippen molar-refractivity contribution in [3.8, 4) is 12.1 Å². The normalized spacial score (nSPS) is 18.0. The Hall–Kier alpha value is -3.24. The molecule has 1 aromatic rings. The van der Waals surface area contributed by atoms with Crippen LogP contribution in [-0.2, 0) is 17.6 Å². The van der Waals surface area contributed by atoms with Crippen LogP contribution < -0.4 is 4.90 Å². The van der Waals surface area contributed by atoms with Gasteiger partial charge in [0, 0.05) is 24.4 Å². The number of rotatable bonds is 2. The van der Waals surface area contributed by atoms with Crippen LogP contribution in [0.25, 0.3) is 6.08 Å². The summed E-state index contributed by atoms with van der Waals surface area (Å²) in [5.41, 5.74) is 6.27. The minimum absolute atomic E-state index is 0.100. The van der Waals surface area contributed by atoms with E-state index in [9.17, 15) is 0 Å². The van der Waals surface area contributed by atoms with Gasteiger partial charge in [-0.05, 0) is 67.5 Å². The second-order valence-corrected chi connectivity index (χ2v) is 7.13. The molecule has 27 heavy (non-hydrogen) atoms. The Morgan fingerprint density at radius 1 is 1.07 bits per heavy atom. The van der Waals surface area contributed by atoms with E-state index < -0.39 is 0 Å². The third-order valence-electron chi connectivity index (χ3n) is 5.32. The fourth-order valence-corrected chi connectivity index (χ4v) is 4.17. The van der Waals surface area contributed by atoms with E-state index in [2.05, 4.69) is 23.1 Å². The maximum Gasteiger partial charge on any atom is 0.137 e. The molecule has 1 aromatic carbocycles. The minimum atomic E-state index is 0.100. The number of anilines is 1. The quantitative estimate of drug-likeness (QED) is 0.730. The van der Waals surface area contributed by atoms with E-state index in [1.165, 1.54) is 41.6 Å². The van der Waals surface area contributed by atoms with E-state index in [4.69, 9.17) is 15.3 Å². The van der Waals surface area contributed by atoms with Crippen molar-refractivity contribution in [2.75, 3.05) is 18.0 Å². The molecule has 3 aliphatic rings. The summed E-state index contributed by atoms with van der Waals surface area (Å²) in [5.74, 6) is 1.32. The number of hydrogen-bond donors (Lipinski definition) is 0. The number of nitriles is 2. The minimum Gasteiger partial charge on any atom is -0.462 e. The van der Waals surface area contributed by atoms with E-state index in [0.29, 0.717) is 17.1 Å². The molecule has 4 heteroatoms. The van der Waals surface area contributed by atoms with Gasteiger partial charge in [-0.1, -0.05) is 18.2 Å². The van der Waals surface area contributed by atoms with Gasteiger partial charge < -0.3 is 9.64 Å². The van der Waals surface area contributed by atoms with Crippen molar-refractivity contribution in [3.05, 3.63) is 69.7 Å². The monoisotopic (exact) mass is 355 g/mol. The van der Waals surface area contributed by atoms with E-state index >= 15 is 0 Å². The Balaban J connectivity index is 1.69. The fourth-order valence-electron chi connectivity index (χ4n) is 4.17. The van der Waals surface area contributed by atoms with Crippen LogP contribution in [-0.4, -0.2) is 13.1 Å². The van der Waals surface area contributed by atoms with Crippen LogP contribution in [0.2, 0.25) is 0 Å². The highest BCUT2D eigenvalue weighted by Gasteiger charge is 2.24. The lowest BCUT2D eigenvalue weighted by atomic mass is 9.88. The van der Waals surface area contributed by atoms with Crippen molar-refractivity contribution in [2.24, 2.45) is 0 Å². The first kappa shape index (κ1) is 17.2. The fraction of sp³-hybridized carbons (Fsp3) is 0.304. The van der Waals surface area contributed by atoms with Crippen molar-refractivity contribution in [1.29, 1.82) is 10.5 Å². The smallest absolute Gasteiger partial charge is 0.137 e. The summed E-state index contributed by atoms with van der Waals surface area (Å²) in [5, 5.41) is 18.2. The molecular formula is C23H21N3O. The zero-order valence-electron chi connectivity index (χ0n) is 15.5. The van der Waals surface area contributed by atoms with Crippen LogP contribution in [0.15, 0.2) is 53.0 Å². The van der Waals surface area contributed by atoms with Crippen LogP contribution in [0.3, 0.4) is 0 Å². The van der Waals surface area contributed by atoms with E-state index in [0.717, 1.165) is 19.5 Å². The first-order valence-corrected chi connectivity index (χ1v) is 9.39. The first-order valence-electron chi connectivity index (χ1n) is 9.39. The van der Waals surface area contributed by atoms with Gasteiger partial charge in [0.25, 0.3) is 0 Å². The summed E-state index contributed by atoms with van der Waals surface area (Å²) in [7, 11) is 0. The maximum absolute atomic E-state index is 9.12. The van der Waals surface area contributed by atoms with Crippen molar-refractivity contribution in [1.82, 2.24) is 0 Å². The number of hydrogen-bond acceptors (Lipinski definition) is 4. The van der Waals surface area contributed by atoms with Gasteiger partial charge in [-0.15, -0.1) is 0 Å². The van der Waals surface area contributed by atoms with Crippen LogP contribution in [0.5, 0.6) is 0 Å². The van der Waals surface area contributed by atoms with Crippen molar-refractivity contribution in [2.45, 2.75) is 32.6 Å².